The molecule has 4 rings (SSSR count). The first-order chi connectivity index (χ1) is 16.5. The van der Waals surface area contributed by atoms with Gasteiger partial charge in [0, 0.05) is 23.7 Å². The van der Waals surface area contributed by atoms with Crippen LogP contribution in [0.4, 0.5) is 4.39 Å². The van der Waals surface area contributed by atoms with E-state index in [1.165, 1.54) is 50.7 Å². The van der Waals surface area contributed by atoms with Gasteiger partial charge in [-0.2, -0.15) is 0 Å². The number of benzene rings is 2. The first-order valence-corrected chi connectivity index (χ1v) is 12.7. The van der Waals surface area contributed by atoms with Gasteiger partial charge in [-0.15, -0.1) is 0 Å². The summed E-state index contributed by atoms with van der Waals surface area (Å²) in [7, 11) is 0. The van der Waals surface area contributed by atoms with E-state index in [0.29, 0.717) is 23.7 Å². The third-order valence-electron chi connectivity index (χ3n) is 7.37. The van der Waals surface area contributed by atoms with Crippen molar-refractivity contribution in [3.05, 3.63) is 70.5 Å². The van der Waals surface area contributed by atoms with Gasteiger partial charge < -0.3 is 15.5 Å². The van der Waals surface area contributed by atoms with Crippen LogP contribution in [-0.4, -0.2) is 40.7 Å². The van der Waals surface area contributed by atoms with Crippen LogP contribution >= 0.6 is 0 Å². The lowest BCUT2D eigenvalue weighted by atomic mass is 9.95. The zero-order valence-electron chi connectivity index (χ0n) is 20.1. The van der Waals surface area contributed by atoms with Crippen LogP contribution in [0.2, 0.25) is 0 Å². The molecule has 0 saturated carbocycles. The number of nitrogens with two attached hydrogens (primary N) is 1. The predicted octanol–water partition coefficient (Wildman–Crippen LogP) is 5.45. The number of amides is 2. The molecule has 182 valence electrons. The Balaban J connectivity index is 1.51. The molecular formula is C28H36FN3O2. The normalized spacial score (nSPS) is 20.5. The fraction of sp³-hybridized carbons (Fsp3) is 0.500. The van der Waals surface area contributed by atoms with E-state index in [1.807, 2.05) is 17.0 Å². The molecule has 2 N–H and O–H groups in total. The number of piperidine rings is 1. The van der Waals surface area contributed by atoms with Crippen molar-refractivity contribution in [2.75, 3.05) is 13.1 Å². The number of unbranched alkanes of at least 4 members (excludes halogenated alkanes) is 1. The first kappa shape index (κ1) is 24.4. The van der Waals surface area contributed by atoms with Crippen LogP contribution in [0.1, 0.15) is 96.2 Å². The molecule has 2 aromatic rings. The topological polar surface area (TPSA) is 66.6 Å². The molecule has 2 aliphatic heterocycles. The van der Waals surface area contributed by atoms with Gasteiger partial charge in [-0.05, 0) is 80.6 Å². The third-order valence-corrected chi connectivity index (χ3v) is 7.37. The Morgan fingerprint density at radius 2 is 1.97 bits per heavy atom. The molecular weight excluding hydrogens is 429 g/mol. The molecule has 2 unspecified atom stereocenters. The summed E-state index contributed by atoms with van der Waals surface area (Å²) in [6.07, 6.45) is 9.45. The van der Waals surface area contributed by atoms with Gasteiger partial charge in [-0.25, -0.2) is 4.39 Å². The highest BCUT2D eigenvalue weighted by molar-refractivity contribution is 6.02. The number of fused-ring (bicyclic) bond motifs is 1. The van der Waals surface area contributed by atoms with Crippen molar-refractivity contribution in [2.24, 2.45) is 5.73 Å². The van der Waals surface area contributed by atoms with Crippen molar-refractivity contribution in [2.45, 2.75) is 76.9 Å². The van der Waals surface area contributed by atoms with Crippen LogP contribution in [0.25, 0.3) is 0 Å². The van der Waals surface area contributed by atoms with Gasteiger partial charge in [0.15, 0.2) is 0 Å². The Hall–Kier alpha value is -2.73. The number of rotatable bonds is 10. The quantitative estimate of drug-likeness (QED) is 0.508. The van der Waals surface area contributed by atoms with Gasteiger partial charge in [0.1, 0.15) is 5.82 Å². The number of primary amides is 1. The molecule has 2 amide bonds. The number of halogens is 1. The van der Waals surface area contributed by atoms with Gasteiger partial charge in [-0.1, -0.05) is 44.4 Å². The van der Waals surface area contributed by atoms with Crippen molar-refractivity contribution < 1.29 is 14.0 Å². The van der Waals surface area contributed by atoms with E-state index >= 15 is 0 Å². The lowest BCUT2D eigenvalue weighted by Crippen LogP contribution is -2.40. The zero-order chi connectivity index (χ0) is 24.1. The summed E-state index contributed by atoms with van der Waals surface area (Å²) in [5, 5.41) is 0. The van der Waals surface area contributed by atoms with Crippen LogP contribution in [0.15, 0.2) is 42.5 Å². The first-order valence-electron chi connectivity index (χ1n) is 12.7. The Labute approximate surface area is 202 Å². The predicted molar refractivity (Wildman–Crippen MR) is 132 cm³/mol. The maximum atomic E-state index is 13.8. The van der Waals surface area contributed by atoms with Crippen molar-refractivity contribution in [3.63, 3.8) is 0 Å². The van der Waals surface area contributed by atoms with Crippen molar-refractivity contribution in [1.29, 1.82) is 0 Å². The highest BCUT2D eigenvalue weighted by atomic mass is 19.1. The second kappa shape index (κ2) is 11.1. The van der Waals surface area contributed by atoms with Crippen LogP contribution < -0.4 is 5.73 Å². The minimum atomic E-state index is -0.543. The van der Waals surface area contributed by atoms with Crippen LogP contribution in [-0.2, 0) is 6.54 Å². The average Bonchev–Trinajstić information content (AvgIpc) is 3.09. The van der Waals surface area contributed by atoms with E-state index in [9.17, 15) is 14.0 Å². The third kappa shape index (κ3) is 5.49. The van der Waals surface area contributed by atoms with Gasteiger partial charge in [-0.3, -0.25) is 9.59 Å². The molecule has 1 fully saturated rings. The van der Waals surface area contributed by atoms with E-state index in [-0.39, 0.29) is 17.8 Å². The fourth-order valence-corrected chi connectivity index (χ4v) is 5.58. The molecule has 2 atom stereocenters. The smallest absolute Gasteiger partial charge is 0.255 e. The Bertz CT molecular complexity index is 1020. The Kier molecular flexibility index (Phi) is 7.99. The van der Waals surface area contributed by atoms with E-state index in [0.717, 1.165) is 37.1 Å². The summed E-state index contributed by atoms with van der Waals surface area (Å²) in [5.74, 6) is -0.970. The maximum absolute atomic E-state index is 13.8. The van der Waals surface area contributed by atoms with E-state index in [2.05, 4.69) is 11.8 Å². The summed E-state index contributed by atoms with van der Waals surface area (Å²) in [5.41, 5.74) is 8.04. The van der Waals surface area contributed by atoms with Gasteiger partial charge in [0.2, 0.25) is 5.91 Å². The number of carbonyl (C=O) groups excluding carboxylic acids is 2. The molecule has 0 aliphatic carbocycles. The molecule has 0 bridgehead atoms. The monoisotopic (exact) mass is 465 g/mol. The summed E-state index contributed by atoms with van der Waals surface area (Å²) >= 11 is 0. The van der Waals surface area contributed by atoms with E-state index in [4.69, 9.17) is 5.73 Å². The number of hydrogen-bond acceptors (Lipinski definition) is 3. The SMILES string of the molecule is CCCCC1CCCCN1CCCC1c2ccc(C(N)=O)cc2C(=O)N1Cc1cccc(F)c1. The van der Waals surface area contributed by atoms with Gasteiger partial charge >= 0.3 is 0 Å². The summed E-state index contributed by atoms with van der Waals surface area (Å²) in [6.45, 7) is 4.77. The number of likely N-dealkylation sites (tertiary alicyclic amines) is 1. The standard InChI is InChI=1S/C28H36FN3O2/c1-2-3-10-23-11-4-5-15-31(23)16-7-12-26-24-14-13-21(27(30)33)18-25(24)28(34)32(26)19-20-8-6-9-22(29)17-20/h6,8-9,13-14,17-18,23,26H,2-5,7,10-12,15-16,19H2,1H3,(H2,30,33). The minimum absolute atomic E-state index is 0.0911. The molecule has 2 heterocycles. The minimum Gasteiger partial charge on any atom is -0.366 e. The number of nitrogens with zero attached hydrogens (tertiary/aromatic N) is 2. The molecule has 2 aromatic carbocycles. The molecule has 2 aliphatic rings. The van der Waals surface area contributed by atoms with Crippen molar-refractivity contribution in [1.82, 2.24) is 9.80 Å². The van der Waals surface area contributed by atoms with Gasteiger partial charge in [0.05, 0.1) is 6.04 Å². The molecule has 0 spiro atoms. The summed E-state index contributed by atoms with van der Waals surface area (Å²) in [4.78, 5) is 29.5. The molecule has 0 aromatic heterocycles. The van der Waals surface area contributed by atoms with Crippen molar-refractivity contribution >= 4 is 11.8 Å². The summed E-state index contributed by atoms with van der Waals surface area (Å²) in [6, 6.07) is 12.2. The largest absolute Gasteiger partial charge is 0.366 e. The number of carbonyl (C=O) groups is 2. The lowest BCUT2D eigenvalue weighted by Gasteiger charge is -2.36. The molecule has 0 radical (unpaired) electrons. The van der Waals surface area contributed by atoms with Gasteiger partial charge in [0.25, 0.3) is 5.91 Å². The van der Waals surface area contributed by atoms with E-state index in [1.54, 1.807) is 18.2 Å². The lowest BCUT2D eigenvalue weighted by molar-refractivity contribution is 0.0689. The second-order valence-electron chi connectivity index (χ2n) is 9.72. The second-order valence-corrected chi connectivity index (χ2v) is 9.72. The molecule has 1 saturated heterocycles. The molecule has 6 heteroatoms. The zero-order valence-corrected chi connectivity index (χ0v) is 20.1. The molecule has 5 nitrogen and oxygen atoms in total. The average molecular weight is 466 g/mol. The van der Waals surface area contributed by atoms with Crippen molar-refractivity contribution in [3.8, 4) is 0 Å². The Morgan fingerprint density at radius 3 is 2.74 bits per heavy atom. The van der Waals surface area contributed by atoms with Crippen LogP contribution in [0, 0.1) is 5.82 Å². The van der Waals surface area contributed by atoms with Crippen LogP contribution in [0.5, 0.6) is 0 Å². The number of hydrogen-bond donors (Lipinski definition) is 1. The maximum Gasteiger partial charge on any atom is 0.255 e. The fourth-order valence-electron chi connectivity index (χ4n) is 5.58. The molecule has 34 heavy (non-hydrogen) atoms. The highest BCUT2D eigenvalue weighted by Gasteiger charge is 2.37. The Morgan fingerprint density at radius 1 is 1.12 bits per heavy atom. The highest BCUT2D eigenvalue weighted by Crippen LogP contribution is 2.38. The summed E-state index contributed by atoms with van der Waals surface area (Å²) < 4.78 is 13.8. The van der Waals surface area contributed by atoms with E-state index < -0.39 is 5.91 Å². The van der Waals surface area contributed by atoms with Crippen LogP contribution in [0.3, 0.4) is 0 Å².